The molecule has 2 N–H and O–H groups in total. The molecule has 0 aromatic heterocycles. The fraction of sp³-hybridized carbons (Fsp3) is 0.600. The zero-order valence-corrected chi connectivity index (χ0v) is 11.1. The van der Waals surface area contributed by atoms with Crippen molar-refractivity contribution in [3.63, 3.8) is 0 Å². The summed E-state index contributed by atoms with van der Waals surface area (Å²) in [5, 5.41) is 17.9. The Hall–Kier alpha value is -1.10. The Balaban J connectivity index is 1.65. The maximum atomic E-state index is 9.18. The molecule has 0 radical (unpaired) electrons. The Kier molecular flexibility index (Phi) is 5.63. The Morgan fingerprint density at radius 2 is 1.95 bits per heavy atom. The normalized spacial score (nSPS) is 16.3. The third kappa shape index (κ3) is 5.59. The van der Waals surface area contributed by atoms with Crippen LogP contribution in [0.4, 0.5) is 0 Å². The fourth-order valence-electron chi connectivity index (χ4n) is 1.72. The zero-order valence-electron chi connectivity index (χ0n) is 11.1. The van der Waals surface area contributed by atoms with Crippen LogP contribution >= 0.6 is 0 Å². The molecule has 0 spiro atoms. The Morgan fingerprint density at radius 1 is 1.21 bits per heavy atom. The lowest BCUT2D eigenvalue weighted by molar-refractivity contribution is 0.0536. The average Bonchev–Trinajstić information content (AvgIpc) is 3.26. The second-order valence-electron chi connectivity index (χ2n) is 5.06. The third-order valence-electron chi connectivity index (χ3n) is 3.16. The van der Waals surface area contributed by atoms with Gasteiger partial charge in [-0.15, -0.1) is 0 Å². The van der Waals surface area contributed by atoms with Crippen molar-refractivity contribution in [2.24, 2.45) is 5.92 Å². The molecule has 2 rings (SSSR count). The van der Waals surface area contributed by atoms with Crippen LogP contribution in [0.15, 0.2) is 24.3 Å². The van der Waals surface area contributed by atoms with Gasteiger partial charge >= 0.3 is 0 Å². The van der Waals surface area contributed by atoms with Crippen molar-refractivity contribution < 1.29 is 19.7 Å². The van der Waals surface area contributed by atoms with E-state index in [2.05, 4.69) is 0 Å². The fourth-order valence-corrected chi connectivity index (χ4v) is 1.72. The zero-order chi connectivity index (χ0) is 13.5. The summed E-state index contributed by atoms with van der Waals surface area (Å²) in [4.78, 5) is 0. The molecule has 0 amide bonds. The SMILES string of the molecule is OC[C@@H](O)COc1ccc(CCOCC2CC2)cc1. The highest BCUT2D eigenvalue weighted by Gasteiger charge is 2.20. The summed E-state index contributed by atoms with van der Waals surface area (Å²) < 4.78 is 10.9. The summed E-state index contributed by atoms with van der Waals surface area (Å²) in [5.74, 6) is 1.52. The second-order valence-corrected chi connectivity index (χ2v) is 5.06. The van der Waals surface area contributed by atoms with Gasteiger partial charge in [-0.25, -0.2) is 0 Å². The van der Waals surface area contributed by atoms with E-state index >= 15 is 0 Å². The molecule has 1 aromatic carbocycles. The predicted octanol–water partition coefficient (Wildman–Crippen LogP) is 1.39. The monoisotopic (exact) mass is 266 g/mol. The van der Waals surface area contributed by atoms with Gasteiger partial charge in [0.1, 0.15) is 18.5 Å². The quantitative estimate of drug-likeness (QED) is 0.663. The molecule has 4 heteroatoms. The van der Waals surface area contributed by atoms with E-state index in [1.54, 1.807) is 0 Å². The van der Waals surface area contributed by atoms with Gasteiger partial charge in [0.05, 0.1) is 13.2 Å². The first kappa shape index (κ1) is 14.3. The van der Waals surface area contributed by atoms with Crippen LogP contribution in [-0.4, -0.2) is 42.7 Å². The van der Waals surface area contributed by atoms with E-state index in [-0.39, 0.29) is 13.2 Å². The summed E-state index contributed by atoms with van der Waals surface area (Å²) >= 11 is 0. The van der Waals surface area contributed by atoms with Crippen LogP contribution in [0.2, 0.25) is 0 Å². The van der Waals surface area contributed by atoms with Gasteiger partial charge in [0.15, 0.2) is 0 Å². The number of hydrogen-bond acceptors (Lipinski definition) is 4. The van der Waals surface area contributed by atoms with Gasteiger partial charge < -0.3 is 19.7 Å². The van der Waals surface area contributed by atoms with E-state index in [1.165, 1.54) is 18.4 Å². The largest absolute Gasteiger partial charge is 0.491 e. The van der Waals surface area contributed by atoms with E-state index in [4.69, 9.17) is 14.6 Å². The van der Waals surface area contributed by atoms with E-state index in [1.807, 2.05) is 24.3 Å². The van der Waals surface area contributed by atoms with Crippen molar-refractivity contribution in [3.05, 3.63) is 29.8 Å². The van der Waals surface area contributed by atoms with Crippen molar-refractivity contribution in [2.45, 2.75) is 25.4 Å². The van der Waals surface area contributed by atoms with E-state index in [0.717, 1.165) is 25.6 Å². The van der Waals surface area contributed by atoms with Crippen molar-refractivity contribution in [1.82, 2.24) is 0 Å². The Bertz CT molecular complexity index is 359. The molecule has 0 bridgehead atoms. The van der Waals surface area contributed by atoms with Gasteiger partial charge in [0.25, 0.3) is 0 Å². The molecule has 4 nitrogen and oxygen atoms in total. The Labute approximate surface area is 114 Å². The standard InChI is InChI=1S/C15H22O4/c16-9-14(17)11-19-15-5-3-12(4-6-15)7-8-18-10-13-1-2-13/h3-6,13-14,16-17H,1-2,7-11H2/t14-/m1/s1. The summed E-state index contributed by atoms with van der Waals surface area (Å²) in [6.07, 6.45) is 2.74. The maximum absolute atomic E-state index is 9.18. The number of benzene rings is 1. The summed E-state index contributed by atoms with van der Waals surface area (Å²) in [6, 6.07) is 7.75. The van der Waals surface area contributed by atoms with Gasteiger partial charge in [0.2, 0.25) is 0 Å². The molecule has 1 aliphatic carbocycles. The number of hydrogen-bond donors (Lipinski definition) is 2. The van der Waals surface area contributed by atoms with Crippen LogP contribution in [0.3, 0.4) is 0 Å². The number of rotatable bonds is 9. The molecule has 1 aromatic rings. The van der Waals surface area contributed by atoms with Gasteiger partial charge in [-0.2, -0.15) is 0 Å². The highest BCUT2D eigenvalue weighted by Crippen LogP contribution is 2.28. The molecular formula is C15H22O4. The van der Waals surface area contributed by atoms with Crippen molar-refractivity contribution in [1.29, 1.82) is 0 Å². The molecule has 1 aliphatic rings. The highest BCUT2D eigenvalue weighted by molar-refractivity contribution is 5.27. The summed E-state index contributed by atoms with van der Waals surface area (Å²) in [5.41, 5.74) is 1.21. The number of aliphatic hydroxyl groups excluding tert-OH is 2. The minimum Gasteiger partial charge on any atom is -0.491 e. The van der Waals surface area contributed by atoms with Crippen LogP contribution in [0.5, 0.6) is 5.75 Å². The van der Waals surface area contributed by atoms with E-state index in [9.17, 15) is 5.11 Å². The lowest BCUT2D eigenvalue weighted by Crippen LogP contribution is -2.21. The predicted molar refractivity (Wildman–Crippen MR) is 72.3 cm³/mol. The van der Waals surface area contributed by atoms with Crippen LogP contribution < -0.4 is 4.74 Å². The van der Waals surface area contributed by atoms with Crippen molar-refractivity contribution >= 4 is 0 Å². The van der Waals surface area contributed by atoms with Crippen LogP contribution in [0.1, 0.15) is 18.4 Å². The van der Waals surface area contributed by atoms with Gasteiger partial charge in [-0.05, 0) is 42.9 Å². The van der Waals surface area contributed by atoms with Crippen molar-refractivity contribution in [2.75, 3.05) is 26.4 Å². The minimum absolute atomic E-state index is 0.111. The van der Waals surface area contributed by atoms with E-state index < -0.39 is 6.10 Å². The molecule has 19 heavy (non-hydrogen) atoms. The molecule has 1 atom stereocenters. The second kappa shape index (κ2) is 7.48. The minimum atomic E-state index is -0.824. The third-order valence-corrected chi connectivity index (χ3v) is 3.16. The number of aliphatic hydroxyl groups is 2. The molecule has 0 unspecified atom stereocenters. The molecular weight excluding hydrogens is 244 g/mol. The molecule has 0 saturated heterocycles. The lowest BCUT2D eigenvalue weighted by Gasteiger charge is -2.10. The van der Waals surface area contributed by atoms with Crippen LogP contribution in [-0.2, 0) is 11.2 Å². The van der Waals surface area contributed by atoms with Gasteiger partial charge in [0, 0.05) is 6.61 Å². The average molecular weight is 266 g/mol. The van der Waals surface area contributed by atoms with E-state index in [0.29, 0.717) is 5.75 Å². The van der Waals surface area contributed by atoms with Crippen LogP contribution in [0.25, 0.3) is 0 Å². The summed E-state index contributed by atoms with van der Waals surface area (Å²) in [6.45, 7) is 1.50. The molecule has 0 aliphatic heterocycles. The highest BCUT2D eigenvalue weighted by atomic mass is 16.5. The van der Waals surface area contributed by atoms with Gasteiger partial charge in [-0.1, -0.05) is 12.1 Å². The number of ether oxygens (including phenoxy) is 2. The molecule has 1 fully saturated rings. The summed E-state index contributed by atoms with van der Waals surface area (Å²) in [7, 11) is 0. The van der Waals surface area contributed by atoms with Gasteiger partial charge in [-0.3, -0.25) is 0 Å². The van der Waals surface area contributed by atoms with Crippen molar-refractivity contribution in [3.8, 4) is 5.75 Å². The van der Waals surface area contributed by atoms with Crippen LogP contribution in [0, 0.1) is 5.92 Å². The molecule has 106 valence electrons. The first-order chi connectivity index (χ1) is 9.28. The smallest absolute Gasteiger partial charge is 0.119 e. The lowest BCUT2D eigenvalue weighted by atomic mass is 10.1. The first-order valence-corrected chi connectivity index (χ1v) is 6.86. The molecule has 0 heterocycles. The Morgan fingerprint density at radius 3 is 2.58 bits per heavy atom. The molecule has 1 saturated carbocycles. The first-order valence-electron chi connectivity index (χ1n) is 6.86. The maximum Gasteiger partial charge on any atom is 0.119 e. The topological polar surface area (TPSA) is 58.9 Å².